The van der Waals surface area contributed by atoms with Crippen molar-refractivity contribution in [2.45, 2.75) is 31.7 Å². The van der Waals surface area contributed by atoms with Gasteiger partial charge < -0.3 is 15.2 Å². The van der Waals surface area contributed by atoms with Crippen molar-refractivity contribution in [1.29, 1.82) is 0 Å². The van der Waals surface area contributed by atoms with E-state index in [4.69, 9.17) is 10.3 Å². The van der Waals surface area contributed by atoms with Gasteiger partial charge in [-0.2, -0.15) is 4.98 Å². The standard InChI is InChI=1S/C15H20N4O/c16-13(9-8-12-6-2-1-3-7-12)14-17-15(18-20-14)19-10-4-5-11-19/h1-3,6-7,13H,4-5,8-11,16H2. The molecule has 5 heteroatoms. The van der Waals surface area contributed by atoms with Crippen LogP contribution in [0.3, 0.4) is 0 Å². The van der Waals surface area contributed by atoms with Crippen molar-refractivity contribution in [3.05, 3.63) is 41.8 Å². The molecule has 1 unspecified atom stereocenters. The lowest BCUT2D eigenvalue weighted by Gasteiger charge is -2.10. The summed E-state index contributed by atoms with van der Waals surface area (Å²) >= 11 is 0. The third kappa shape index (κ3) is 2.99. The van der Waals surface area contributed by atoms with E-state index >= 15 is 0 Å². The van der Waals surface area contributed by atoms with Crippen LogP contribution in [0, 0.1) is 0 Å². The number of benzene rings is 1. The summed E-state index contributed by atoms with van der Waals surface area (Å²) < 4.78 is 5.30. The molecule has 0 radical (unpaired) electrons. The average Bonchev–Trinajstić information content (AvgIpc) is 3.16. The molecule has 0 spiro atoms. The summed E-state index contributed by atoms with van der Waals surface area (Å²) in [5.74, 6) is 1.23. The number of nitrogens with two attached hydrogens (primary N) is 1. The van der Waals surface area contributed by atoms with Gasteiger partial charge in [-0.05, 0) is 36.4 Å². The third-order valence-electron chi connectivity index (χ3n) is 3.72. The Morgan fingerprint density at radius 2 is 1.95 bits per heavy atom. The smallest absolute Gasteiger partial charge is 0.266 e. The molecule has 0 saturated carbocycles. The predicted molar refractivity (Wildman–Crippen MR) is 77.4 cm³/mol. The second-order valence-corrected chi connectivity index (χ2v) is 5.26. The zero-order chi connectivity index (χ0) is 13.8. The van der Waals surface area contributed by atoms with Crippen molar-refractivity contribution >= 4 is 5.95 Å². The number of anilines is 1. The van der Waals surface area contributed by atoms with Gasteiger partial charge in [0.2, 0.25) is 5.89 Å². The zero-order valence-corrected chi connectivity index (χ0v) is 11.5. The highest BCUT2D eigenvalue weighted by atomic mass is 16.5. The largest absolute Gasteiger partial charge is 0.338 e. The van der Waals surface area contributed by atoms with Crippen LogP contribution in [-0.2, 0) is 6.42 Å². The minimum absolute atomic E-state index is 0.195. The van der Waals surface area contributed by atoms with Gasteiger partial charge in [-0.15, -0.1) is 0 Å². The summed E-state index contributed by atoms with van der Waals surface area (Å²) in [6.45, 7) is 2.02. The molecule has 1 aliphatic heterocycles. The quantitative estimate of drug-likeness (QED) is 0.904. The molecule has 106 valence electrons. The van der Waals surface area contributed by atoms with Gasteiger partial charge in [0.25, 0.3) is 5.95 Å². The second-order valence-electron chi connectivity index (χ2n) is 5.26. The molecule has 20 heavy (non-hydrogen) atoms. The summed E-state index contributed by atoms with van der Waals surface area (Å²) in [6, 6.07) is 10.1. The molecule has 1 fully saturated rings. The first-order valence-electron chi connectivity index (χ1n) is 7.21. The maximum Gasteiger partial charge on any atom is 0.266 e. The molecule has 0 bridgehead atoms. The molecule has 1 aromatic carbocycles. The maximum absolute atomic E-state index is 6.14. The monoisotopic (exact) mass is 272 g/mol. The van der Waals surface area contributed by atoms with E-state index in [0.717, 1.165) is 25.9 Å². The minimum atomic E-state index is -0.195. The molecule has 0 aliphatic carbocycles. The summed E-state index contributed by atoms with van der Waals surface area (Å²) in [6.07, 6.45) is 4.13. The van der Waals surface area contributed by atoms with E-state index in [-0.39, 0.29) is 6.04 Å². The Kier molecular flexibility index (Phi) is 3.97. The van der Waals surface area contributed by atoms with Crippen molar-refractivity contribution < 1.29 is 4.52 Å². The molecule has 1 aliphatic rings. The molecule has 1 aromatic heterocycles. The van der Waals surface area contributed by atoms with Gasteiger partial charge in [-0.25, -0.2) is 0 Å². The van der Waals surface area contributed by atoms with Crippen LogP contribution in [0.2, 0.25) is 0 Å². The summed E-state index contributed by atoms with van der Waals surface area (Å²) in [7, 11) is 0. The average molecular weight is 272 g/mol. The maximum atomic E-state index is 6.14. The number of nitrogens with zero attached hydrogens (tertiary/aromatic N) is 3. The normalized spacial score (nSPS) is 16.6. The highest BCUT2D eigenvalue weighted by Crippen LogP contribution is 2.20. The molecule has 2 N–H and O–H groups in total. The van der Waals surface area contributed by atoms with Gasteiger partial charge in [0.15, 0.2) is 0 Å². The van der Waals surface area contributed by atoms with Crippen LogP contribution in [0.4, 0.5) is 5.95 Å². The van der Waals surface area contributed by atoms with E-state index in [1.54, 1.807) is 0 Å². The van der Waals surface area contributed by atoms with Gasteiger partial charge in [0, 0.05) is 13.1 Å². The Morgan fingerprint density at radius 3 is 2.70 bits per heavy atom. The summed E-state index contributed by atoms with van der Waals surface area (Å²) in [4.78, 5) is 6.58. The van der Waals surface area contributed by atoms with E-state index < -0.39 is 0 Å². The Hall–Kier alpha value is -1.88. The lowest BCUT2D eigenvalue weighted by atomic mass is 10.1. The molecule has 0 amide bonds. The van der Waals surface area contributed by atoms with E-state index in [9.17, 15) is 0 Å². The summed E-state index contributed by atoms with van der Waals surface area (Å²) in [5.41, 5.74) is 7.42. The molecular weight excluding hydrogens is 252 g/mol. The fourth-order valence-electron chi connectivity index (χ4n) is 2.51. The van der Waals surface area contributed by atoms with E-state index in [1.807, 2.05) is 18.2 Å². The van der Waals surface area contributed by atoms with Crippen LogP contribution >= 0.6 is 0 Å². The molecule has 1 atom stereocenters. The van der Waals surface area contributed by atoms with Gasteiger partial charge in [-0.3, -0.25) is 0 Å². The van der Waals surface area contributed by atoms with Gasteiger partial charge in [0.1, 0.15) is 0 Å². The van der Waals surface area contributed by atoms with E-state index in [1.165, 1.54) is 18.4 Å². The van der Waals surface area contributed by atoms with Crippen LogP contribution in [0.15, 0.2) is 34.9 Å². The Labute approximate surface area is 118 Å². The molecule has 5 nitrogen and oxygen atoms in total. The van der Waals surface area contributed by atoms with Crippen LogP contribution in [-0.4, -0.2) is 23.2 Å². The first kappa shape index (κ1) is 13.1. The summed E-state index contributed by atoms with van der Waals surface area (Å²) in [5, 5.41) is 4.03. The third-order valence-corrected chi connectivity index (χ3v) is 3.72. The Bertz CT molecular complexity index is 534. The van der Waals surface area contributed by atoms with Crippen molar-refractivity contribution in [3.63, 3.8) is 0 Å². The lowest BCUT2D eigenvalue weighted by Crippen LogP contribution is -2.19. The molecule has 3 rings (SSSR count). The van der Waals surface area contributed by atoms with E-state index in [2.05, 4.69) is 27.2 Å². The van der Waals surface area contributed by atoms with Crippen LogP contribution < -0.4 is 10.6 Å². The van der Waals surface area contributed by atoms with Crippen LogP contribution in [0.1, 0.15) is 36.8 Å². The topological polar surface area (TPSA) is 68.2 Å². The van der Waals surface area contributed by atoms with Crippen molar-refractivity contribution in [2.24, 2.45) is 5.73 Å². The number of rotatable bonds is 5. The van der Waals surface area contributed by atoms with Gasteiger partial charge >= 0.3 is 0 Å². The van der Waals surface area contributed by atoms with Crippen molar-refractivity contribution in [2.75, 3.05) is 18.0 Å². The number of aryl methyl sites for hydroxylation is 1. The minimum Gasteiger partial charge on any atom is -0.338 e. The SMILES string of the molecule is NC(CCc1ccccc1)c1nc(N2CCCC2)no1. The highest BCUT2D eigenvalue weighted by molar-refractivity contribution is 5.29. The number of aromatic nitrogens is 2. The van der Waals surface area contributed by atoms with Crippen LogP contribution in [0.5, 0.6) is 0 Å². The predicted octanol–water partition coefficient (Wildman–Crippen LogP) is 2.30. The van der Waals surface area contributed by atoms with Crippen molar-refractivity contribution in [1.82, 2.24) is 10.1 Å². The molecular formula is C15H20N4O. The Balaban J connectivity index is 1.58. The molecule has 1 saturated heterocycles. The first-order chi connectivity index (χ1) is 9.83. The lowest BCUT2D eigenvalue weighted by molar-refractivity contribution is 0.348. The van der Waals surface area contributed by atoms with Gasteiger partial charge in [0.05, 0.1) is 6.04 Å². The Morgan fingerprint density at radius 1 is 1.20 bits per heavy atom. The number of hydrogen-bond donors (Lipinski definition) is 1. The number of hydrogen-bond acceptors (Lipinski definition) is 5. The first-order valence-corrected chi connectivity index (χ1v) is 7.21. The fourth-order valence-corrected chi connectivity index (χ4v) is 2.51. The second kappa shape index (κ2) is 6.05. The van der Waals surface area contributed by atoms with Crippen molar-refractivity contribution in [3.8, 4) is 0 Å². The fraction of sp³-hybridized carbons (Fsp3) is 0.467. The molecule has 2 aromatic rings. The van der Waals surface area contributed by atoms with E-state index in [0.29, 0.717) is 11.8 Å². The highest BCUT2D eigenvalue weighted by Gasteiger charge is 2.20. The van der Waals surface area contributed by atoms with Gasteiger partial charge in [-0.1, -0.05) is 30.3 Å². The molecule has 2 heterocycles. The zero-order valence-electron chi connectivity index (χ0n) is 11.5. The van der Waals surface area contributed by atoms with Crippen LogP contribution in [0.25, 0.3) is 0 Å².